The largest absolute Gasteiger partial charge is 0.378 e. The van der Waals surface area contributed by atoms with Gasteiger partial charge in [-0.15, -0.1) is 5.54 Å². The Kier molecular flexibility index (Phi) is 6.65. The van der Waals surface area contributed by atoms with E-state index in [1.165, 1.54) is 34.9 Å². The van der Waals surface area contributed by atoms with Crippen LogP contribution in [0.15, 0.2) is 41.5 Å². The number of benzene rings is 1. The van der Waals surface area contributed by atoms with Crippen LogP contribution in [0.1, 0.15) is 35.7 Å². The Bertz CT molecular complexity index is 1340. The molecule has 2 aliphatic rings. The molecule has 2 N–H and O–H groups in total. The Hall–Kier alpha value is -2.96. The van der Waals surface area contributed by atoms with Crippen molar-refractivity contribution < 1.29 is 13.6 Å². The summed E-state index contributed by atoms with van der Waals surface area (Å²) in [6.45, 7) is 8.24. The molecule has 188 valence electrons. The zero-order valence-corrected chi connectivity index (χ0v) is 23.1. The SMILES string of the molecule is CN(C)C(=O)[C@]12C[C@H]1[C@@](C)(c1cc(/C=C(\F)c3ccc(C#C[Si](C)(C)C)cn3)ccc1F)N=C(N)S2. The molecule has 3 atom stereocenters. The topological polar surface area (TPSA) is 71.6 Å². The normalized spacial score (nSPS) is 25.3. The van der Waals surface area contributed by atoms with Gasteiger partial charge in [0.1, 0.15) is 24.5 Å². The van der Waals surface area contributed by atoms with Crippen molar-refractivity contribution in [3.05, 3.63) is 64.7 Å². The van der Waals surface area contributed by atoms with Gasteiger partial charge in [-0.1, -0.05) is 43.4 Å². The van der Waals surface area contributed by atoms with Crippen LogP contribution in [0, 0.1) is 23.2 Å². The fraction of sp³-hybridized carbons (Fsp3) is 0.370. The Labute approximate surface area is 216 Å². The number of rotatable bonds is 4. The maximum absolute atomic E-state index is 15.1. The lowest BCUT2D eigenvalue weighted by Crippen LogP contribution is -2.43. The summed E-state index contributed by atoms with van der Waals surface area (Å²) in [4.78, 5) is 23.2. The molecule has 0 saturated heterocycles. The molecule has 1 saturated carbocycles. The van der Waals surface area contributed by atoms with Gasteiger partial charge in [-0.2, -0.15) is 0 Å². The first-order valence-corrected chi connectivity index (χ1v) is 16.0. The molecule has 1 aromatic carbocycles. The van der Waals surface area contributed by atoms with Gasteiger partial charge in [0, 0.05) is 37.3 Å². The minimum atomic E-state index is -1.52. The third-order valence-corrected chi connectivity index (χ3v) is 8.57. The number of fused-ring (bicyclic) bond motifs is 1. The molecule has 5 nitrogen and oxygen atoms in total. The summed E-state index contributed by atoms with van der Waals surface area (Å²) in [6.07, 6.45) is 3.41. The highest BCUT2D eigenvalue weighted by Crippen LogP contribution is 2.66. The number of aromatic nitrogens is 1. The summed E-state index contributed by atoms with van der Waals surface area (Å²) >= 11 is 1.25. The fourth-order valence-corrected chi connectivity index (χ4v) is 6.56. The van der Waals surface area contributed by atoms with Crippen LogP contribution in [0.25, 0.3) is 11.9 Å². The molecule has 36 heavy (non-hydrogen) atoms. The smallest absolute Gasteiger partial charge is 0.239 e. The van der Waals surface area contributed by atoms with Gasteiger partial charge >= 0.3 is 0 Å². The molecule has 1 aliphatic heterocycles. The average molecular weight is 525 g/mol. The second-order valence-corrected chi connectivity index (χ2v) is 16.8. The van der Waals surface area contributed by atoms with Crippen LogP contribution in [0.4, 0.5) is 8.78 Å². The Morgan fingerprint density at radius 3 is 2.61 bits per heavy atom. The van der Waals surface area contributed by atoms with Gasteiger partial charge in [-0.25, -0.2) is 8.78 Å². The molecule has 0 bridgehead atoms. The predicted molar refractivity (Wildman–Crippen MR) is 146 cm³/mol. The minimum absolute atomic E-state index is 0.0619. The van der Waals surface area contributed by atoms with E-state index in [4.69, 9.17) is 5.73 Å². The third kappa shape index (κ3) is 4.97. The number of amidine groups is 1. The summed E-state index contributed by atoms with van der Waals surface area (Å²) in [5.41, 5.74) is 9.99. The second-order valence-electron chi connectivity index (χ2n) is 10.7. The van der Waals surface area contributed by atoms with E-state index in [2.05, 4.69) is 41.1 Å². The van der Waals surface area contributed by atoms with Crippen molar-refractivity contribution in [2.45, 2.75) is 43.3 Å². The standard InChI is InChI=1S/C27H30F2N4OSSi/c1-26(23-15-27(23,24(34)33(2)3)35-25(30)32-26)19-13-18(7-9-20(19)28)14-21(29)22-10-8-17(16-31-22)11-12-36(4,5)6/h7-10,13-14,16,23H,15H2,1-6H3,(H2,30,32)/b21-14-/t23-,26+,27-/m0/s1. The molecular weight excluding hydrogens is 494 g/mol. The molecule has 1 aromatic heterocycles. The monoisotopic (exact) mass is 524 g/mol. The lowest BCUT2D eigenvalue weighted by molar-refractivity contribution is -0.129. The van der Waals surface area contributed by atoms with Crippen LogP contribution >= 0.6 is 11.8 Å². The highest BCUT2D eigenvalue weighted by molar-refractivity contribution is 8.15. The highest BCUT2D eigenvalue weighted by Gasteiger charge is 2.71. The number of hydrogen-bond donors (Lipinski definition) is 1. The van der Waals surface area contributed by atoms with Crippen LogP contribution in [-0.2, 0) is 10.3 Å². The van der Waals surface area contributed by atoms with Gasteiger partial charge in [-0.3, -0.25) is 14.8 Å². The number of nitrogens with zero attached hydrogens (tertiary/aromatic N) is 3. The first-order valence-electron chi connectivity index (χ1n) is 11.7. The molecule has 0 spiro atoms. The van der Waals surface area contributed by atoms with Crippen LogP contribution in [0.2, 0.25) is 19.6 Å². The van der Waals surface area contributed by atoms with Crippen molar-refractivity contribution in [1.82, 2.24) is 9.88 Å². The van der Waals surface area contributed by atoms with Crippen molar-refractivity contribution in [3.8, 4) is 11.5 Å². The van der Waals surface area contributed by atoms with Gasteiger partial charge in [0.25, 0.3) is 0 Å². The molecular formula is C27H30F2N4OSSi. The maximum Gasteiger partial charge on any atom is 0.239 e. The van der Waals surface area contributed by atoms with E-state index in [1.54, 1.807) is 45.4 Å². The first kappa shape index (κ1) is 26.1. The number of carbonyl (C=O) groups is 1. The van der Waals surface area contributed by atoms with E-state index >= 15 is 8.78 Å². The molecule has 2 aromatic rings. The first-order chi connectivity index (χ1) is 16.7. The summed E-state index contributed by atoms with van der Waals surface area (Å²) in [5, 5.41) is 0.245. The van der Waals surface area contributed by atoms with E-state index < -0.39 is 30.0 Å². The van der Waals surface area contributed by atoms with Gasteiger partial charge in [0.15, 0.2) is 5.17 Å². The predicted octanol–water partition coefficient (Wildman–Crippen LogP) is 5.04. The zero-order valence-electron chi connectivity index (χ0n) is 21.3. The summed E-state index contributed by atoms with van der Waals surface area (Å²) in [7, 11) is 1.87. The molecule has 0 unspecified atom stereocenters. The number of amides is 1. The fourth-order valence-electron chi connectivity index (χ4n) is 4.54. The maximum atomic E-state index is 15.1. The van der Waals surface area contributed by atoms with Crippen molar-refractivity contribution in [2.75, 3.05) is 14.1 Å². The highest BCUT2D eigenvalue weighted by atomic mass is 32.2. The Morgan fingerprint density at radius 2 is 2.00 bits per heavy atom. The number of nitrogens with two attached hydrogens (primary N) is 1. The van der Waals surface area contributed by atoms with Crippen molar-refractivity contribution in [3.63, 3.8) is 0 Å². The number of pyridine rings is 1. The van der Waals surface area contributed by atoms with E-state index in [0.29, 0.717) is 12.0 Å². The van der Waals surface area contributed by atoms with Gasteiger partial charge < -0.3 is 10.6 Å². The molecule has 2 heterocycles. The average Bonchev–Trinajstić information content (AvgIpc) is 3.54. The Morgan fingerprint density at radius 1 is 1.28 bits per heavy atom. The molecule has 0 radical (unpaired) electrons. The Balaban J connectivity index is 1.65. The summed E-state index contributed by atoms with van der Waals surface area (Å²) in [5.74, 6) is 1.80. The van der Waals surface area contributed by atoms with Gasteiger partial charge in [0.2, 0.25) is 5.91 Å². The molecule has 4 rings (SSSR count). The van der Waals surface area contributed by atoms with Crippen LogP contribution in [-0.4, -0.2) is 47.9 Å². The van der Waals surface area contributed by atoms with Gasteiger partial charge in [0.05, 0.1) is 11.2 Å². The summed E-state index contributed by atoms with van der Waals surface area (Å²) < 4.78 is 29.4. The van der Waals surface area contributed by atoms with E-state index in [9.17, 15) is 4.79 Å². The zero-order chi connectivity index (χ0) is 26.5. The van der Waals surface area contributed by atoms with Crippen LogP contribution in [0.5, 0.6) is 0 Å². The second kappa shape index (κ2) is 9.16. The van der Waals surface area contributed by atoms with Crippen molar-refractivity contribution >= 4 is 42.8 Å². The van der Waals surface area contributed by atoms with Crippen LogP contribution in [0.3, 0.4) is 0 Å². The number of thioether (sulfide) groups is 1. The van der Waals surface area contributed by atoms with Crippen LogP contribution < -0.4 is 5.73 Å². The molecule has 1 aliphatic carbocycles. The molecule has 1 amide bonds. The number of aliphatic imine (C=N–C) groups is 1. The lowest BCUT2D eigenvalue weighted by atomic mass is 9.84. The number of hydrogen-bond acceptors (Lipinski definition) is 5. The number of carbonyl (C=O) groups excluding carboxylic acids is 1. The minimum Gasteiger partial charge on any atom is -0.378 e. The van der Waals surface area contributed by atoms with Crippen molar-refractivity contribution in [1.29, 1.82) is 0 Å². The van der Waals surface area contributed by atoms with E-state index in [0.717, 1.165) is 5.56 Å². The van der Waals surface area contributed by atoms with E-state index in [-0.39, 0.29) is 28.3 Å². The summed E-state index contributed by atoms with van der Waals surface area (Å²) in [6, 6.07) is 7.71. The third-order valence-electron chi connectivity index (χ3n) is 6.41. The van der Waals surface area contributed by atoms with E-state index in [1.807, 2.05) is 0 Å². The molecule has 1 fully saturated rings. The number of halogens is 2. The quantitative estimate of drug-likeness (QED) is 0.449. The van der Waals surface area contributed by atoms with Gasteiger partial charge in [-0.05, 0) is 49.2 Å². The molecule has 9 heteroatoms. The lowest BCUT2D eigenvalue weighted by Gasteiger charge is -2.34. The van der Waals surface area contributed by atoms with Crippen molar-refractivity contribution in [2.24, 2.45) is 16.6 Å².